The average Bonchev–Trinajstić information content (AvgIpc) is 2.72. The zero-order valence-electron chi connectivity index (χ0n) is 11.3. The summed E-state index contributed by atoms with van der Waals surface area (Å²) < 4.78 is 10.1. The quantitative estimate of drug-likeness (QED) is 0.498. The van der Waals surface area contributed by atoms with Crippen LogP contribution in [0.4, 0.5) is 0 Å². The number of ether oxygens (including phenoxy) is 1. The molecule has 0 atom stereocenters. The van der Waals surface area contributed by atoms with Crippen LogP contribution in [-0.4, -0.2) is 29.3 Å². The van der Waals surface area contributed by atoms with Gasteiger partial charge in [-0.15, -0.1) is 0 Å². The highest BCUT2D eigenvalue weighted by atomic mass is 32.2. The van der Waals surface area contributed by atoms with E-state index in [9.17, 15) is 0 Å². The van der Waals surface area contributed by atoms with Crippen molar-refractivity contribution in [1.29, 1.82) is 0 Å². The van der Waals surface area contributed by atoms with Crippen molar-refractivity contribution in [1.82, 2.24) is 4.57 Å². The first-order valence-corrected chi connectivity index (χ1v) is 7.71. The van der Waals surface area contributed by atoms with Gasteiger partial charge in [-0.1, -0.05) is 13.8 Å². The van der Waals surface area contributed by atoms with Crippen LogP contribution in [0.5, 0.6) is 0 Å². The number of nitrogens with zero attached hydrogens (tertiary/aromatic N) is 2. The van der Waals surface area contributed by atoms with Gasteiger partial charge < -0.3 is 4.74 Å². The molecule has 0 bridgehead atoms. The molecular formula is C13H25N2OS+. The van der Waals surface area contributed by atoms with Crippen LogP contribution >= 0.6 is 11.8 Å². The van der Waals surface area contributed by atoms with Gasteiger partial charge in [0.05, 0.1) is 13.2 Å². The van der Waals surface area contributed by atoms with Gasteiger partial charge in [0.15, 0.2) is 0 Å². The molecule has 1 heterocycles. The Kier molecular flexibility index (Phi) is 7.37. The van der Waals surface area contributed by atoms with E-state index in [2.05, 4.69) is 35.4 Å². The predicted octanol–water partition coefficient (Wildman–Crippen LogP) is 2.13. The zero-order chi connectivity index (χ0) is 12.5. The fourth-order valence-electron chi connectivity index (χ4n) is 1.93. The van der Waals surface area contributed by atoms with E-state index in [1.54, 1.807) is 0 Å². The van der Waals surface area contributed by atoms with Gasteiger partial charge in [0.1, 0.15) is 18.9 Å². The molecule has 0 unspecified atom stereocenters. The summed E-state index contributed by atoms with van der Waals surface area (Å²) in [6.07, 6.45) is 5.45. The summed E-state index contributed by atoms with van der Waals surface area (Å²) >= 11 is 2.00. The molecule has 0 amide bonds. The molecule has 0 aliphatic rings. The standard InChI is InChI=1S/C13H25N2OS/c1-4-13-14(9-11-16-5-2)7-8-15(13)10-12-17-6-3/h7-8H,4-6,9-12H2,1-3H3/q+1. The van der Waals surface area contributed by atoms with Gasteiger partial charge >= 0.3 is 0 Å². The van der Waals surface area contributed by atoms with Gasteiger partial charge in [-0.25, -0.2) is 9.13 Å². The van der Waals surface area contributed by atoms with E-state index in [0.717, 1.165) is 32.7 Å². The lowest BCUT2D eigenvalue weighted by Gasteiger charge is -2.03. The fourth-order valence-corrected chi connectivity index (χ4v) is 2.54. The van der Waals surface area contributed by atoms with Crippen LogP contribution in [0.1, 0.15) is 26.6 Å². The molecule has 1 aromatic rings. The first-order chi connectivity index (χ1) is 8.33. The second-order valence-corrected chi connectivity index (χ2v) is 5.24. The van der Waals surface area contributed by atoms with Crippen molar-refractivity contribution >= 4 is 11.8 Å². The van der Waals surface area contributed by atoms with Crippen LogP contribution in [-0.2, 0) is 24.2 Å². The van der Waals surface area contributed by atoms with E-state index in [1.807, 2.05) is 18.7 Å². The van der Waals surface area contributed by atoms with Gasteiger partial charge in [-0.3, -0.25) is 0 Å². The Bertz CT molecular complexity index is 285. The lowest BCUT2D eigenvalue weighted by atomic mass is 10.4. The van der Waals surface area contributed by atoms with Crippen LogP contribution in [0, 0.1) is 0 Å². The minimum Gasteiger partial charge on any atom is -0.378 e. The summed E-state index contributed by atoms with van der Waals surface area (Å²) in [4.78, 5) is 0. The second-order valence-electron chi connectivity index (χ2n) is 3.85. The number of rotatable bonds is 9. The van der Waals surface area contributed by atoms with Crippen molar-refractivity contribution in [2.24, 2.45) is 0 Å². The predicted molar refractivity (Wildman–Crippen MR) is 73.5 cm³/mol. The molecule has 17 heavy (non-hydrogen) atoms. The summed E-state index contributed by atoms with van der Waals surface area (Å²) in [6.45, 7) is 10.2. The van der Waals surface area contributed by atoms with Crippen molar-refractivity contribution in [2.75, 3.05) is 24.7 Å². The molecule has 0 saturated heterocycles. The molecule has 0 radical (unpaired) electrons. The zero-order valence-corrected chi connectivity index (χ0v) is 12.1. The number of imidazole rings is 1. The third kappa shape index (κ3) is 4.72. The molecule has 0 fully saturated rings. The first kappa shape index (κ1) is 14.6. The van der Waals surface area contributed by atoms with Gasteiger partial charge in [-0.2, -0.15) is 11.8 Å². The summed E-state index contributed by atoms with van der Waals surface area (Å²) in [5.41, 5.74) is 0. The topological polar surface area (TPSA) is 18.0 Å². The highest BCUT2D eigenvalue weighted by Crippen LogP contribution is 2.03. The molecule has 1 aromatic heterocycles. The number of aryl methyl sites for hydroxylation is 1. The number of hydrogen-bond donors (Lipinski definition) is 0. The normalized spacial score (nSPS) is 11.0. The highest BCUT2D eigenvalue weighted by molar-refractivity contribution is 7.99. The lowest BCUT2D eigenvalue weighted by Crippen LogP contribution is -2.39. The number of thioether (sulfide) groups is 1. The Morgan fingerprint density at radius 2 is 2.18 bits per heavy atom. The monoisotopic (exact) mass is 257 g/mol. The number of aromatic nitrogens is 2. The van der Waals surface area contributed by atoms with Crippen LogP contribution in [0.15, 0.2) is 12.4 Å². The molecule has 0 N–H and O–H groups in total. The second kappa shape index (κ2) is 8.59. The van der Waals surface area contributed by atoms with E-state index >= 15 is 0 Å². The third-order valence-corrected chi connectivity index (χ3v) is 3.65. The van der Waals surface area contributed by atoms with Crippen molar-refractivity contribution in [3.8, 4) is 0 Å². The Hall–Kier alpha value is -0.480. The van der Waals surface area contributed by atoms with Crippen molar-refractivity contribution < 1.29 is 9.30 Å². The van der Waals surface area contributed by atoms with E-state index in [1.165, 1.54) is 17.3 Å². The van der Waals surface area contributed by atoms with E-state index in [0.29, 0.717) is 0 Å². The van der Waals surface area contributed by atoms with Crippen molar-refractivity contribution in [3.63, 3.8) is 0 Å². The largest absolute Gasteiger partial charge is 0.378 e. The van der Waals surface area contributed by atoms with Gasteiger partial charge in [0.2, 0.25) is 0 Å². The molecule has 3 nitrogen and oxygen atoms in total. The summed E-state index contributed by atoms with van der Waals surface area (Å²) in [6, 6.07) is 0. The molecule has 0 saturated carbocycles. The van der Waals surface area contributed by atoms with Crippen LogP contribution in [0.3, 0.4) is 0 Å². The molecule has 1 rings (SSSR count). The Labute approximate surface area is 109 Å². The van der Waals surface area contributed by atoms with E-state index in [-0.39, 0.29) is 0 Å². The maximum atomic E-state index is 5.41. The molecule has 0 aliphatic carbocycles. The van der Waals surface area contributed by atoms with Crippen molar-refractivity contribution in [2.45, 2.75) is 40.3 Å². The SMILES string of the molecule is CCOCC[n+]1ccn(CCSCC)c1CC. The van der Waals surface area contributed by atoms with Gasteiger partial charge in [0, 0.05) is 18.8 Å². The first-order valence-electron chi connectivity index (χ1n) is 6.56. The smallest absolute Gasteiger partial charge is 0.256 e. The lowest BCUT2D eigenvalue weighted by molar-refractivity contribution is -0.705. The minimum atomic E-state index is 0.801. The van der Waals surface area contributed by atoms with Crippen LogP contribution in [0.25, 0.3) is 0 Å². The maximum absolute atomic E-state index is 5.41. The Balaban J connectivity index is 2.53. The number of hydrogen-bond acceptors (Lipinski definition) is 2. The third-order valence-electron chi connectivity index (χ3n) is 2.77. The summed E-state index contributed by atoms with van der Waals surface area (Å²) in [5, 5.41) is 0. The fraction of sp³-hybridized carbons (Fsp3) is 0.769. The molecule has 0 aliphatic heterocycles. The van der Waals surface area contributed by atoms with E-state index in [4.69, 9.17) is 4.74 Å². The van der Waals surface area contributed by atoms with Crippen LogP contribution in [0.2, 0.25) is 0 Å². The summed E-state index contributed by atoms with van der Waals surface area (Å²) in [7, 11) is 0. The molecule has 98 valence electrons. The minimum absolute atomic E-state index is 0.801. The van der Waals surface area contributed by atoms with Gasteiger partial charge in [-0.05, 0) is 12.7 Å². The molecule has 4 heteroatoms. The average molecular weight is 257 g/mol. The van der Waals surface area contributed by atoms with Gasteiger partial charge in [0.25, 0.3) is 5.82 Å². The van der Waals surface area contributed by atoms with Crippen molar-refractivity contribution in [3.05, 3.63) is 18.2 Å². The maximum Gasteiger partial charge on any atom is 0.256 e. The Morgan fingerprint density at radius 3 is 2.82 bits per heavy atom. The Morgan fingerprint density at radius 1 is 1.35 bits per heavy atom. The molecule has 0 spiro atoms. The molecule has 0 aromatic carbocycles. The highest BCUT2D eigenvalue weighted by Gasteiger charge is 2.14. The summed E-state index contributed by atoms with van der Waals surface area (Å²) in [5.74, 6) is 3.80. The molecular weight excluding hydrogens is 232 g/mol. The van der Waals surface area contributed by atoms with E-state index < -0.39 is 0 Å². The van der Waals surface area contributed by atoms with Crippen LogP contribution < -0.4 is 4.57 Å².